The van der Waals surface area contributed by atoms with Crippen LogP contribution in [0.15, 0.2) is 22.7 Å². The van der Waals surface area contributed by atoms with Crippen LogP contribution in [0.5, 0.6) is 5.75 Å². The molecule has 2 nitrogen and oxygen atoms in total. The fourth-order valence-corrected chi connectivity index (χ4v) is 2.45. The summed E-state index contributed by atoms with van der Waals surface area (Å²) in [6.07, 6.45) is 1.11. The molecule has 0 aliphatic carbocycles. The van der Waals surface area contributed by atoms with Crippen LogP contribution in [0, 0.1) is 0 Å². The molecule has 0 bridgehead atoms. The van der Waals surface area contributed by atoms with Crippen molar-refractivity contribution in [1.82, 2.24) is 4.90 Å². The minimum atomic E-state index is 0.598. The molecule has 1 heterocycles. The number of likely N-dealkylation sites (N-methyl/N-ethyl adjacent to an activating group) is 1. The van der Waals surface area contributed by atoms with E-state index in [2.05, 4.69) is 47.1 Å². The molecule has 0 radical (unpaired) electrons. The number of halogens is 1. The van der Waals surface area contributed by atoms with Crippen LogP contribution in [0.1, 0.15) is 17.9 Å². The molecule has 1 aliphatic heterocycles. The Morgan fingerprint density at radius 1 is 1.47 bits per heavy atom. The van der Waals surface area contributed by atoms with Crippen molar-refractivity contribution in [3.63, 3.8) is 0 Å². The molecule has 3 heteroatoms. The smallest absolute Gasteiger partial charge is 0.122 e. The summed E-state index contributed by atoms with van der Waals surface area (Å²) in [5, 5.41) is 0. The number of nitrogens with zero attached hydrogens (tertiary/aromatic N) is 1. The molecule has 1 unspecified atom stereocenters. The topological polar surface area (TPSA) is 12.5 Å². The van der Waals surface area contributed by atoms with Crippen molar-refractivity contribution in [2.45, 2.75) is 12.3 Å². The largest absolute Gasteiger partial charge is 0.493 e. The van der Waals surface area contributed by atoms with Crippen LogP contribution in [0.2, 0.25) is 0 Å². The van der Waals surface area contributed by atoms with E-state index in [1.807, 2.05) is 6.07 Å². The maximum Gasteiger partial charge on any atom is 0.122 e. The molecule has 1 aromatic rings. The van der Waals surface area contributed by atoms with Gasteiger partial charge < -0.3 is 9.64 Å². The first-order valence-electron chi connectivity index (χ1n) is 5.24. The molecule has 2 rings (SSSR count). The summed E-state index contributed by atoms with van der Waals surface area (Å²) < 4.78 is 6.79. The van der Waals surface area contributed by atoms with Gasteiger partial charge in [0.25, 0.3) is 0 Å². The molecule has 0 amide bonds. The predicted molar refractivity (Wildman–Crippen MR) is 65.5 cm³/mol. The molecule has 0 aromatic heterocycles. The Morgan fingerprint density at radius 3 is 3.00 bits per heavy atom. The van der Waals surface area contributed by atoms with Gasteiger partial charge >= 0.3 is 0 Å². The van der Waals surface area contributed by atoms with Gasteiger partial charge in [-0.3, -0.25) is 0 Å². The van der Waals surface area contributed by atoms with Crippen molar-refractivity contribution < 1.29 is 4.74 Å². The second-order valence-electron chi connectivity index (χ2n) is 4.28. The van der Waals surface area contributed by atoms with Crippen molar-refractivity contribution in [2.75, 3.05) is 27.2 Å². The minimum Gasteiger partial charge on any atom is -0.493 e. The monoisotopic (exact) mass is 269 g/mol. The van der Waals surface area contributed by atoms with Gasteiger partial charge in [0.1, 0.15) is 5.75 Å². The first-order valence-corrected chi connectivity index (χ1v) is 6.03. The number of hydrogen-bond donors (Lipinski definition) is 0. The molecule has 0 saturated heterocycles. The van der Waals surface area contributed by atoms with E-state index in [0.29, 0.717) is 5.92 Å². The summed E-state index contributed by atoms with van der Waals surface area (Å²) in [4.78, 5) is 2.24. The fourth-order valence-electron chi connectivity index (χ4n) is 2.07. The lowest BCUT2D eigenvalue weighted by Crippen LogP contribution is -2.25. The summed E-state index contributed by atoms with van der Waals surface area (Å²) >= 11 is 3.51. The van der Waals surface area contributed by atoms with Gasteiger partial charge in [-0.25, -0.2) is 0 Å². The van der Waals surface area contributed by atoms with Crippen molar-refractivity contribution in [3.05, 3.63) is 28.2 Å². The number of benzene rings is 1. The Morgan fingerprint density at radius 2 is 2.27 bits per heavy atom. The third kappa shape index (κ3) is 2.52. The second-order valence-corrected chi connectivity index (χ2v) is 5.19. The van der Waals surface area contributed by atoms with E-state index in [4.69, 9.17) is 4.74 Å². The highest BCUT2D eigenvalue weighted by Gasteiger charge is 2.21. The van der Waals surface area contributed by atoms with Crippen LogP contribution >= 0.6 is 15.9 Å². The highest BCUT2D eigenvalue weighted by atomic mass is 79.9. The number of hydrogen-bond acceptors (Lipinski definition) is 2. The minimum absolute atomic E-state index is 0.598. The van der Waals surface area contributed by atoms with Crippen molar-refractivity contribution >= 4 is 15.9 Å². The molecule has 0 spiro atoms. The highest BCUT2D eigenvalue weighted by molar-refractivity contribution is 9.10. The van der Waals surface area contributed by atoms with Gasteiger partial charge in [-0.15, -0.1) is 0 Å². The maximum atomic E-state index is 5.65. The predicted octanol–water partition coefficient (Wildman–Crippen LogP) is 2.88. The van der Waals surface area contributed by atoms with Crippen molar-refractivity contribution in [1.29, 1.82) is 0 Å². The van der Waals surface area contributed by atoms with E-state index in [-0.39, 0.29) is 0 Å². The number of rotatable bonds is 2. The zero-order chi connectivity index (χ0) is 10.8. The molecule has 15 heavy (non-hydrogen) atoms. The first kappa shape index (κ1) is 11.0. The quantitative estimate of drug-likeness (QED) is 0.819. The zero-order valence-corrected chi connectivity index (χ0v) is 10.8. The molecule has 0 saturated carbocycles. The van der Waals surface area contributed by atoms with E-state index in [0.717, 1.165) is 29.8 Å². The third-order valence-electron chi connectivity index (χ3n) is 2.72. The van der Waals surface area contributed by atoms with Gasteiger partial charge in [0.2, 0.25) is 0 Å². The molecule has 1 aliphatic rings. The van der Waals surface area contributed by atoms with E-state index in [1.165, 1.54) is 5.56 Å². The molecule has 82 valence electrons. The van der Waals surface area contributed by atoms with Crippen LogP contribution in [0.3, 0.4) is 0 Å². The Hall–Kier alpha value is -0.540. The Labute approximate surface area is 99.4 Å². The molecule has 0 N–H and O–H groups in total. The molecule has 1 aromatic carbocycles. The van der Waals surface area contributed by atoms with E-state index >= 15 is 0 Å². The third-order valence-corrected chi connectivity index (χ3v) is 3.21. The Balaban J connectivity index is 2.28. The van der Waals surface area contributed by atoms with Crippen molar-refractivity contribution in [2.24, 2.45) is 0 Å². The summed E-state index contributed by atoms with van der Waals surface area (Å²) in [5.41, 5.74) is 1.34. The van der Waals surface area contributed by atoms with Gasteiger partial charge in [0.15, 0.2) is 0 Å². The summed E-state index contributed by atoms with van der Waals surface area (Å²) in [6, 6.07) is 6.28. The summed E-state index contributed by atoms with van der Waals surface area (Å²) in [6.45, 7) is 1.93. The first-order chi connectivity index (χ1) is 7.16. The van der Waals surface area contributed by atoms with Crippen LogP contribution in [0.25, 0.3) is 0 Å². The van der Waals surface area contributed by atoms with E-state index < -0.39 is 0 Å². The summed E-state index contributed by atoms with van der Waals surface area (Å²) in [5.74, 6) is 1.65. The van der Waals surface area contributed by atoms with Gasteiger partial charge in [-0.1, -0.05) is 15.9 Å². The summed E-state index contributed by atoms with van der Waals surface area (Å²) in [7, 11) is 4.24. The van der Waals surface area contributed by atoms with Crippen LogP contribution in [-0.2, 0) is 0 Å². The second kappa shape index (κ2) is 4.54. The van der Waals surface area contributed by atoms with E-state index in [1.54, 1.807) is 0 Å². The Kier molecular flexibility index (Phi) is 3.32. The number of ether oxygens (including phenoxy) is 1. The van der Waals surface area contributed by atoms with Gasteiger partial charge in [0, 0.05) is 16.9 Å². The normalized spacial score (nSPS) is 19.9. The molecule has 0 fully saturated rings. The molecule has 1 atom stereocenters. The molecular weight excluding hydrogens is 254 g/mol. The van der Waals surface area contributed by atoms with Crippen molar-refractivity contribution in [3.8, 4) is 5.75 Å². The van der Waals surface area contributed by atoms with Crippen LogP contribution < -0.4 is 4.74 Å². The maximum absolute atomic E-state index is 5.65. The number of fused-ring (bicyclic) bond motifs is 1. The van der Waals surface area contributed by atoms with Gasteiger partial charge in [0.05, 0.1) is 6.61 Å². The lowest BCUT2D eigenvalue weighted by atomic mass is 9.93. The lowest BCUT2D eigenvalue weighted by molar-refractivity contribution is 0.244. The highest BCUT2D eigenvalue weighted by Crippen LogP contribution is 2.35. The van der Waals surface area contributed by atoms with Gasteiger partial charge in [-0.2, -0.15) is 0 Å². The van der Waals surface area contributed by atoms with Crippen LogP contribution in [-0.4, -0.2) is 32.1 Å². The lowest BCUT2D eigenvalue weighted by Gasteiger charge is -2.28. The van der Waals surface area contributed by atoms with E-state index in [9.17, 15) is 0 Å². The SMILES string of the molecule is CN(C)CC1CCOc2ccc(Br)cc21. The fraction of sp³-hybridized carbons (Fsp3) is 0.500. The standard InChI is InChI=1S/C12H16BrNO/c1-14(2)8-9-5-6-15-12-4-3-10(13)7-11(9)12/h3-4,7,9H,5-6,8H2,1-2H3. The Bertz CT molecular complexity index is 351. The average Bonchev–Trinajstić information content (AvgIpc) is 2.18. The van der Waals surface area contributed by atoms with Gasteiger partial charge in [-0.05, 0) is 44.3 Å². The molecular formula is C12H16BrNO. The zero-order valence-electron chi connectivity index (χ0n) is 9.16. The van der Waals surface area contributed by atoms with Crippen LogP contribution in [0.4, 0.5) is 0 Å². The average molecular weight is 270 g/mol.